The van der Waals surface area contributed by atoms with Crippen LogP contribution in [0.3, 0.4) is 0 Å². The molecular formula is C23H24FN3O2. The number of piperidine rings is 1. The van der Waals surface area contributed by atoms with Crippen molar-refractivity contribution in [3.05, 3.63) is 76.0 Å². The number of pyridine rings is 2. The van der Waals surface area contributed by atoms with Crippen molar-refractivity contribution >= 4 is 16.9 Å². The van der Waals surface area contributed by atoms with E-state index in [1.165, 1.54) is 16.7 Å². The number of carbonyl (C=O) groups excluding carboxylic acids is 1. The second kappa shape index (κ2) is 7.78. The highest BCUT2D eigenvalue weighted by molar-refractivity contribution is 5.97. The van der Waals surface area contributed by atoms with Crippen molar-refractivity contribution in [2.45, 2.75) is 26.8 Å². The van der Waals surface area contributed by atoms with E-state index in [0.29, 0.717) is 30.6 Å². The number of nitrogens with zero attached hydrogens (tertiary/aromatic N) is 3. The highest BCUT2D eigenvalue weighted by Crippen LogP contribution is 2.23. The first-order chi connectivity index (χ1) is 13.9. The van der Waals surface area contributed by atoms with Gasteiger partial charge in [-0.3, -0.25) is 14.2 Å². The van der Waals surface area contributed by atoms with E-state index in [-0.39, 0.29) is 29.4 Å². The van der Waals surface area contributed by atoms with Crippen LogP contribution in [0.4, 0.5) is 4.39 Å². The van der Waals surface area contributed by atoms with Crippen molar-refractivity contribution in [1.82, 2.24) is 14.5 Å². The molecule has 1 aliphatic rings. The number of benzene rings is 1. The van der Waals surface area contributed by atoms with Gasteiger partial charge in [0, 0.05) is 24.7 Å². The van der Waals surface area contributed by atoms with Crippen LogP contribution in [0.5, 0.6) is 0 Å². The minimum Gasteiger partial charge on any atom is -0.338 e. The van der Waals surface area contributed by atoms with Gasteiger partial charge in [0.05, 0.1) is 6.54 Å². The predicted molar refractivity (Wildman–Crippen MR) is 110 cm³/mol. The Morgan fingerprint density at radius 1 is 1.14 bits per heavy atom. The molecule has 0 bridgehead atoms. The van der Waals surface area contributed by atoms with Crippen molar-refractivity contribution in [2.24, 2.45) is 11.8 Å². The number of aromatic nitrogens is 2. The lowest BCUT2D eigenvalue weighted by Gasteiger charge is -2.35. The van der Waals surface area contributed by atoms with Gasteiger partial charge in [-0.05, 0) is 54.2 Å². The number of fused-ring (bicyclic) bond motifs is 1. The topological polar surface area (TPSA) is 55.2 Å². The number of rotatable bonds is 3. The Morgan fingerprint density at radius 2 is 1.83 bits per heavy atom. The van der Waals surface area contributed by atoms with Crippen LogP contribution in [0.15, 0.2) is 53.5 Å². The summed E-state index contributed by atoms with van der Waals surface area (Å²) in [5.41, 5.74) is 1.08. The van der Waals surface area contributed by atoms with E-state index in [1.54, 1.807) is 35.4 Å². The molecular weight excluding hydrogens is 369 g/mol. The minimum absolute atomic E-state index is 0.161. The Bertz CT molecular complexity index is 1100. The summed E-state index contributed by atoms with van der Waals surface area (Å²) in [6.45, 7) is 5.80. The highest BCUT2D eigenvalue weighted by atomic mass is 19.1. The van der Waals surface area contributed by atoms with E-state index in [1.807, 2.05) is 6.07 Å². The zero-order valence-corrected chi connectivity index (χ0v) is 16.6. The molecule has 1 aromatic carbocycles. The van der Waals surface area contributed by atoms with Gasteiger partial charge in [0.25, 0.3) is 11.5 Å². The fraction of sp³-hybridized carbons (Fsp3) is 0.348. The van der Waals surface area contributed by atoms with E-state index in [4.69, 9.17) is 0 Å². The van der Waals surface area contributed by atoms with Crippen LogP contribution in [0, 0.1) is 17.7 Å². The van der Waals surface area contributed by atoms with Crippen LogP contribution in [0.1, 0.15) is 36.2 Å². The Hall–Kier alpha value is -3.02. The first kappa shape index (κ1) is 19.3. The van der Waals surface area contributed by atoms with Gasteiger partial charge < -0.3 is 4.90 Å². The summed E-state index contributed by atoms with van der Waals surface area (Å²) < 4.78 is 14.8. The zero-order chi connectivity index (χ0) is 20.5. The Balaban J connectivity index is 1.79. The summed E-state index contributed by atoms with van der Waals surface area (Å²) in [5.74, 6) is 0.255. The zero-order valence-electron chi connectivity index (χ0n) is 16.6. The molecule has 0 N–H and O–H groups in total. The molecule has 0 spiro atoms. The molecule has 3 aromatic rings. The summed E-state index contributed by atoms with van der Waals surface area (Å²) in [7, 11) is 0. The second-order valence-corrected chi connectivity index (χ2v) is 8.15. The molecule has 1 saturated heterocycles. The van der Waals surface area contributed by atoms with Gasteiger partial charge in [-0.25, -0.2) is 9.37 Å². The normalized spacial score (nSPS) is 19.5. The molecule has 0 aliphatic carbocycles. The summed E-state index contributed by atoms with van der Waals surface area (Å²) in [4.78, 5) is 32.7. The standard InChI is InChI=1S/C23H24FN3O2/c1-15-10-16(2)13-26(12-15)22(28)20-11-18-4-3-9-25-21(18)27(23(20)29)14-17-5-7-19(24)8-6-17/h3-9,11,15-16H,10,12-14H2,1-2H3/t15-,16-/m1/s1. The van der Waals surface area contributed by atoms with E-state index in [2.05, 4.69) is 18.8 Å². The molecule has 150 valence electrons. The molecule has 5 nitrogen and oxygen atoms in total. The molecule has 2 atom stereocenters. The Labute approximate surface area is 168 Å². The van der Waals surface area contributed by atoms with Gasteiger partial charge in [-0.15, -0.1) is 0 Å². The maximum atomic E-state index is 13.3. The molecule has 1 aliphatic heterocycles. The summed E-state index contributed by atoms with van der Waals surface area (Å²) >= 11 is 0. The van der Waals surface area contributed by atoms with E-state index in [9.17, 15) is 14.0 Å². The van der Waals surface area contributed by atoms with Crippen molar-refractivity contribution in [2.75, 3.05) is 13.1 Å². The van der Waals surface area contributed by atoms with Crippen LogP contribution >= 0.6 is 0 Å². The van der Waals surface area contributed by atoms with Gasteiger partial charge >= 0.3 is 0 Å². The van der Waals surface area contributed by atoms with Gasteiger partial charge in [0.1, 0.15) is 17.0 Å². The summed E-state index contributed by atoms with van der Waals surface area (Å²) in [6.07, 6.45) is 2.71. The number of likely N-dealkylation sites (tertiary alicyclic amines) is 1. The third kappa shape index (κ3) is 3.92. The molecule has 0 radical (unpaired) electrons. The van der Waals surface area contributed by atoms with Crippen LogP contribution < -0.4 is 5.56 Å². The first-order valence-electron chi connectivity index (χ1n) is 9.94. The smallest absolute Gasteiger partial charge is 0.265 e. The average Bonchev–Trinajstić information content (AvgIpc) is 2.70. The maximum absolute atomic E-state index is 13.3. The van der Waals surface area contributed by atoms with E-state index < -0.39 is 0 Å². The van der Waals surface area contributed by atoms with Crippen LogP contribution in [-0.2, 0) is 6.54 Å². The molecule has 29 heavy (non-hydrogen) atoms. The second-order valence-electron chi connectivity index (χ2n) is 8.15. The van der Waals surface area contributed by atoms with Crippen LogP contribution in [0.25, 0.3) is 11.0 Å². The molecule has 0 saturated carbocycles. The Kier molecular flexibility index (Phi) is 5.18. The van der Waals surface area contributed by atoms with Crippen molar-refractivity contribution in [3.8, 4) is 0 Å². The number of hydrogen-bond acceptors (Lipinski definition) is 3. The average molecular weight is 393 g/mol. The fourth-order valence-electron chi connectivity index (χ4n) is 4.28. The number of carbonyl (C=O) groups is 1. The quantitative estimate of drug-likeness (QED) is 0.682. The highest BCUT2D eigenvalue weighted by Gasteiger charge is 2.28. The van der Waals surface area contributed by atoms with Crippen LogP contribution in [0.2, 0.25) is 0 Å². The van der Waals surface area contributed by atoms with Gasteiger partial charge in [0.2, 0.25) is 0 Å². The van der Waals surface area contributed by atoms with Crippen molar-refractivity contribution < 1.29 is 9.18 Å². The monoisotopic (exact) mass is 393 g/mol. The lowest BCUT2D eigenvalue weighted by molar-refractivity contribution is 0.0621. The fourth-order valence-corrected chi connectivity index (χ4v) is 4.28. The molecule has 3 heterocycles. The van der Waals surface area contributed by atoms with E-state index in [0.717, 1.165) is 17.4 Å². The summed E-state index contributed by atoms with van der Waals surface area (Å²) in [6, 6.07) is 11.3. The minimum atomic E-state index is -0.364. The lowest BCUT2D eigenvalue weighted by atomic mass is 9.91. The third-order valence-corrected chi connectivity index (χ3v) is 5.49. The maximum Gasteiger partial charge on any atom is 0.265 e. The van der Waals surface area contributed by atoms with Gasteiger partial charge in [-0.1, -0.05) is 26.0 Å². The Morgan fingerprint density at radius 3 is 2.52 bits per heavy atom. The molecule has 4 rings (SSSR count). The lowest BCUT2D eigenvalue weighted by Crippen LogP contribution is -2.44. The molecule has 0 unspecified atom stereocenters. The number of amides is 1. The van der Waals surface area contributed by atoms with Gasteiger partial charge in [-0.2, -0.15) is 0 Å². The first-order valence-corrected chi connectivity index (χ1v) is 9.94. The largest absolute Gasteiger partial charge is 0.338 e. The predicted octanol–water partition coefficient (Wildman–Crippen LogP) is 3.70. The van der Waals surface area contributed by atoms with Crippen LogP contribution in [-0.4, -0.2) is 33.4 Å². The van der Waals surface area contributed by atoms with Crippen molar-refractivity contribution in [3.63, 3.8) is 0 Å². The van der Waals surface area contributed by atoms with Crippen molar-refractivity contribution in [1.29, 1.82) is 0 Å². The molecule has 2 aromatic heterocycles. The number of halogens is 1. The number of hydrogen-bond donors (Lipinski definition) is 0. The van der Waals surface area contributed by atoms with Gasteiger partial charge in [0.15, 0.2) is 0 Å². The molecule has 6 heteroatoms. The summed E-state index contributed by atoms with van der Waals surface area (Å²) in [5, 5.41) is 0.732. The molecule has 1 amide bonds. The SMILES string of the molecule is C[C@@H]1C[C@@H](C)CN(C(=O)c2cc3cccnc3n(Cc3ccc(F)cc3)c2=O)C1. The van der Waals surface area contributed by atoms with E-state index >= 15 is 0 Å². The third-order valence-electron chi connectivity index (χ3n) is 5.49. The molecule has 1 fully saturated rings.